The number of halogens is 3. The van der Waals surface area contributed by atoms with E-state index in [1.165, 1.54) is 5.01 Å². The average Bonchev–Trinajstić information content (AvgIpc) is 2.72. The Morgan fingerprint density at radius 2 is 1.88 bits per heavy atom. The number of hydrazine groups is 1. The van der Waals surface area contributed by atoms with Gasteiger partial charge in [0.15, 0.2) is 0 Å². The Morgan fingerprint density at radius 3 is 2.24 bits per heavy atom. The zero-order chi connectivity index (χ0) is 25.6. The summed E-state index contributed by atoms with van der Waals surface area (Å²) in [6.07, 6.45) is 1.85. The highest BCUT2D eigenvalue weighted by Crippen LogP contribution is 2.31. The van der Waals surface area contributed by atoms with Crippen LogP contribution < -0.4 is 10.6 Å². The van der Waals surface area contributed by atoms with Gasteiger partial charge in [-0.15, -0.1) is 0 Å². The van der Waals surface area contributed by atoms with Crippen molar-refractivity contribution in [3.63, 3.8) is 0 Å². The van der Waals surface area contributed by atoms with Gasteiger partial charge in [0.05, 0.1) is 37.6 Å². The standard InChI is InChI=1S/C18H25F3N2O2S.C6H10O/c1-13(2)12-23(22)17(11-14(3)18(19,20)21)15-5-7-16(8-6-15)25-9-10-26(4)24;1-4-6(5-2)7-3/h5-8,11,14H,1,9-10,12,22H2,2-4H3;4-5H,1H2,2-3H3/b17-11-;6-5+. The lowest BCUT2D eigenvalue weighted by Gasteiger charge is -2.24. The first kappa shape index (κ1) is 30.5. The number of hydrogen-bond acceptors (Lipinski definition) is 5. The van der Waals surface area contributed by atoms with Crippen LogP contribution in [-0.4, -0.2) is 47.7 Å². The van der Waals surface area contributed by atoms with Crippen LogP contribution in [0.2, 0.25) is 0 Å². The number of hydrogen-bond donors (Lipinski definition) is 1. The number of ether oxygens (including phenoxy) is 2. The number of alkyl halides is 3. The lowest BCUT2D eigenvalue weighted by molar-refractivity contribution is -0.156. The molecule has 0 aliphatic carbocycles. The highest BCUT2D eigenvalue weighted by Gasteiger charge is 2.35. The molecule has 2 N–H and O–H groups in total. The fraction of sp³-hybridized carbons (Fsp3) is 0.417. The number of allylic oxidation sites excluding steroid dienone is 3. The van der Waals surface area contributed by atoms with Gasteiger partial charge in [-0.1, -0.05) is 25.7 Å². The van der Waals surface area contributed by atoms with Gasteiger partial charge in [-0.25, -0.2) is 5.84 Å². The molecule has 1 aromatic carbocycles. The van der Waals surface area contributed by atoms with E-state index in [1.807, 2.05) is 13.0 Å². The minimum Gasteiger partial charge on any atom is -0.497 e. The van der Waals surface area contributed by atoms with Gasteiger partial charge in [0.2, 0.25) is 0 Å². The van der Waals surface area contributed by atoms with E-state index in [-0.39, 0.29) is 12.2 Å². The monoisotopic (exact) mass is 488 g/mol. The molecule has 1 aromatic rings. The van der Waals surface area contributed by atoms with Crippen molar-refractivity contribution in [2.45, 2.75) is 26.9 Å². The molecule has 0 saturated heterocycles. The van der Waals surface area contributed by atoms with Gasteiger partial charge in [0.25, 0.3) is 0 Å². The second kappa shape index (κ2) is 15.3. The normalized spacial score (nSPS) is 13.8. The molecule has 5 nitrogen and oxygen atoms in total. The van der Waals surface area contributed by atoms with Crippen LogP contribution in [0, 0.1) is 5.92 Å². The van der Waals surface area contributed by atoms with Crippen molar-refractivity contribution in [1.82, 2.24) is 5.01 Å². The van der Waals surface area contributed by atoms with Crippen LogP contribution in [0.4, 0.5) is 13.2 Å². The zero-order valence-electron chi connectivity index (χ0n) is 19.9. The second-order valence-electron chi connectivity index (χ2n) is 7.22. The highest BCUT2D eigenvalue weighted by molar-refractivity contribution is 7.84. The summed E-state index contributed by atoms with van der Waals surface area (Å²) < 4.78 is 60.1. The van der Waals surface area contributed by atoms with Crippen LogP contribution in [0.1, 0.15) is 26.3 Å². The van der Waals surface area contributed by atoms with Crippen LogP contribution in [0.5, 0.6) is 5.75 Å². The Labute approximate surface area is 197 Å². The lowest BCUT2D eigenvalue weighted by atomic mass is 10.0. The first-order valence-corrected chi connectivity index (χ1v) is 11.9. The predicted octanol–water partition coefficient (Wildman–Crippen LogP) is 5.46. The fourth-order valence-electron chi connectivity index (χ4n) is 2.38. The summed E-state index contributed by atoms with van der Waals surface area (Å²) in [7, 11) is 0.672. The van der Waals surface area contributed by atoms with Gasteiger partial charge in [-0.2, -0.15) is 13.2 Å². The summed E-state index contributed by atoms with van der Waals surface area (Å²) in [5.41, 5.74) is 1.53. The van der Waals surface area contributed by atoms with Crippen molar-refractivity contribution in [3.8, 4) is 5.75 Å². The van der Waals surface area contributed by atoms with Gasteiger partial charge >= 0.3 is 6.18 Å². The van der Waals surface area contributed by atoms with Crippen molar-refractivity contribution >= 4 is 16.5 Å². The van der Waals surface area contributed by atoms with E-state index in [0.717, 1.165) is 24.3 Å². The first-order chi connectivity index (χ1) is 15.3. The number of methoxy groups -OCH3 is 1. The van der Waals surface area contributed by atoms with Crippen LogP contribution in [0.15, 0.2) is 67.0 Å². The molecule has 0 fully saturated rings. The molecule has 2 atom stereocenters. The molecule has 0 saturated carbocycles. The van der Waals surface area contributed by atoms with E-state index in [9.17, 15) is 17.4 Å². The van der Waals surface area contributed by atoms with E-state index in [0.29, 0.717) is 23.7 Å². The molecular weight excluding hydrogens is 453 g/mol. The number of rotatable bonds is 11. The Balaban J connectivity index is 0.00000126. The van der Waals surface area contributed by atoms with Crippen LogP contribution >= 0.6 is 0 Å². The molecule has 1 rings (SSSR count). The quantitative estimate of drug-likeness (QED) is 0.147. The Hall–Kier alpha value is -2.52. The third kappa shape index (κ3) is 12.9. The molecule has 0 aliphatic heterocycles. The fourth-order valence-corrected chi connectivity index (χ4v) is 2.70. The topological polar surface area (TPSA) is 64.8 Å². The van der Waals surface area contributed by atoms with Crippen LogP contribution in [-0.2, 0) is 15.5 Å². The molecular formula is C24H35F3N2O3S. The summed E-state index contributed by atoms with van der Waals surface area (Å²) in [5.74, 6) is 6.09. The van der Waals surface area contributed by atoms with Gasteiger partial charge in [-0.3, -0.25) is 4.21 Å². The third-order valence-corrected chi connectivity index (χ3v) is 4.93. The van der Waals surface area contributed by atoms with Crippen molar-refractivity contribution in [1.29, 1.82) is 0 Å². The maximum absolute atomic E-state index is 13.0. The van der Waals surface area contributed by atoms with Crippen molar-refractivity contribution in [3.05, 3.63) is 72.5 Å². The molecule has 33 heavy (non-hydrogen) atoms. The van der Waals surface area contributed by atoms with Gasteiger partial charge in [0.1, 0.15) is 11.5 Å². The number of benzene rings is 1. The van der Waals surface area contributed by atoms with E-state index >= 15 is 0 Å². The summed E-state index contributed by atoms with van der Waals surface area (Å²) in [6.45, 7) is 12.5. The molecule has 2 unspecified atom stereocenters. The summed E-state index contributed by atoms with van der Waals surface area (Å²) in [5, 5.41) is 1.25. The van der Waals surface area contributed by atoms with Gasteiger partial charge in [-0.05, 0) is 61.9 Å². The zero-order valence-corrected chi connectivity index (χ0v) is 20.8. The SMILES string of the molecule is C=C(C)CN(N)/C(=C\C(C)C(F)(F)F)c1ccc(OCCS(C)=O)cc1.C=C/C(=C\C)OC. The molecule has 9 heteroatoms. The van der Waals surface area contributed by atoms with E-state index in [1.54, 1.807) is 50.6 Å². The Kier molecular flexibility index (Phi) is 14.2. The third-order valence-electron chi connectivity index (χ3n) is 4.18. The molecule has 0 bridgehead atoms. The largest absolute Gasteiger partial charge is 0.497 e. The molecule has 186 valence electrons. The van der Waals surface area contributed by atoms with Gasteiger partial charge < -0.3 is 14.5 Å². The Morgan fingerprint density at radius 1 is 1.30 bits per heavy atom. The molecule has 0 aliphatic rings. The first-order valence-electron chi connectivity index (χ1n) is 10.2. The summed E-state index contributed by atoms with van der Waals surface area (Å²) >= 11 is 0. The maximum atomic E-state index is 13.0. The van der Waals surface area contributed by atoms with E-state index in [2.05, 4.69) is 13.2 Å². The van der Waals surface area contributed by atoms with Crippen molar-refractivity contribution in [2.75, 3.05) is 32.3 Å². The lowest BCUT2D eigenvalue weighted by Crippen LogP contribution is -2.32. The van der Waals surface area contributed by atoms with Crippen LogP contribution in [0.25, 0.3) is 5.70 Å². The highest BCUT2D eigenvalue weighted by atomic mass is 32.2. The molecule has 0 radical (unpaired) electrons. The van der Waals surface area contributed by atoms with E-state index < -0.39 is 22.9 Å². The Bertz CT molecular complexity index is 834. The van der Waals surface area contributed by atoms with E-state index in [4.69, 9.17) is 15.3 Å². The molecule has 0 aromatic heterocycles. The van der Waals surface area contributed by atoms with Crippen molar-refractivity contribution in [2.24, 2.45) is 11.8 Å². The smallest absolute Gasteiger partial charge is 0.394 e. The van der Waals surface area contributed by atoms with Crippen molar-refractivity contribution < 1.29 is 26.9 Å². The molecule has 0 amide bonds. The van der Waals surface area contributed by atoms with Crippen LogP contribution in [0.3, 0.4) is 0 Å². The summed E-state index contributed by atoms with van der Waals surface area (Å²) in [6, 6.07) is 6.58. The van der Waals surface area contributed by atoms with Gasteiger partial charge in [0, 0.05) is 17.1 Å². The number of nitrogens with zero attached hydrogens (tertiary/aromatic N) is 1. The molecule has 0 heterocycles. The number of nitrogens with two attached hydrogens (primary N) is 1. The minimum absolute atomic E-state index is 0.233. The maximum Gasteiger partial charge on any atom is 0.394 e. The predicted molar refractivity (Wildman–Crippen MR) is 131 cm³/mol. The molecule has 0 spiro atoms. The summed E-state index contributed by atoms with van der Waals surface area (Å²) in [4.78, 5) is 0. The average molecular weight is 489 g/mol. The second-order valence-corrected chi connectivity index (χ2v) is 8.77. The minimum atomic E-state index is -4.35.